The van der Waals surface area contributed by atoms with Crippen LogP contribution in [0, 0.1) is 0 Å². The van der Waals surface area contributed by atoms with Gasteiger partial charge in [0.25, 0.3) is 0 Å². The summed E-state index contributed by atoms with van der Waals surface area (Å²) < 4.78 is 0. The Labute approximate surface area is 98.9 Å². The Bertz CT molecular complexity index is 441. The number of hydrogen-bond acceptors (Lipinski definition) is 3. The normalized spacial score (nSPS) is 20.4. The van der Waals surface area contributed by atoms with Crippen LogP contribution in [0.4, 0.5) is 0 Å². The monoisotopic (exact) mass is 233 g/mol. The molecule has 0 amide bonds. The van der Waals surface area contributed by atoms with Crippen molar-refractivity contribution in [3.8, 4) is 11.3 Å². The van der Waals surface area contributed by atoms with Gasteiger partial charge in [0.05, 0.1) is 11.9 Å². The third-order valence-corrected chi connectivity index (χ3v) is 3.75. The predicted octanol–water partition coefficient (Wildman–Crippen LogP) is 2.43. The van der Waals surface area contributed by atoms with E-state index in [1.165, 1.54) is 18.4 Å². The number of hydrogen-bond donors (Lipinski definition) is 2. The van der Waals surface area contributed by atoms with Crippen LogP contribution in [0.15, 0.2) is 23.0 Å². The molecular formula is C12H15N3S. The quantitative estimate of drug-likeness (QED) is 0.855. The van der Waals surface area contributed by atoms with E-state index in [1.54, 1.807) is 11.3 Å². The first-order valence-corrected chi connectivity index (χ1v) is 6.66. The van der Waals surface area contributed by atoms with Crippen molar-refractivity contribution >= 4 is 11.3 Å². The molecule has 84 valence electrons. The number of thiophene rings is 1. The fraction of sp³-hybridized carbons (Fsp3) is 0.417. The van der Waals surface area contributed by atoms with Crippen molar-refractivity contribution < 1.29 is 0 Å². The number of nitrogens with one attached hydrogen (secondary N) is 2. The molecule has 1 fully saturated rings. The molecule has 0 bridgehead atoms. The standard InChI is InChI=1S/C12H15N3S/c1-2-10(13-4-1)6-12-14-7-11(15-12)9-3-5-16-8-9/h3,5,7-8,10,13H,1-2,4,6H2,(H,14,15). The van der Waals surface area contributed by atoms with E-state index in [4.69, 9.17) is 0 Å². The lowest BCUT2D eigenvalue weighted by Crippen LogP contribution is -2.24. The van der Waals surface area contributed by atoms with Crippen molar-refractivity contribution in [2.75, 3.05) is 6.54 Å². The molecule has 3 heterocycles. The van der Waals surface area contributed by atoms with E-state index in [0.717, 1.165) is 24.5 Å². The number of imidazole rings is 1. The predicted molar refractivity (Wildman–Crippen MR) is 66.6 cm³/mol. The van der Waals surface area contributed by atoms with Crippen molar-refractivity contribution in [1.82, 2.24) is 15.3 Å². The van der Waals surface area contributed by atoms with Crippen molar-refractivity contribution in [2.24, 2.45) is 0 Å². The summed E-state index contributed by atoms with van der Waals surface area (Å²) >= 11 is 1.72. The van der Waals surface area contributed by atoms with E-state index >= 15 is 0 Å². The third kappa shape index (κ3) is 2.03. The van der Waals surface area contributed by atoms with Gasteiger partial charge < -0.3 is 10.3 Å². The molecule has 0 spiro atoms. The number of aromatic amines is 1. The van der Waals surface area contributed by atoms with E-state index in [9.17, 15) is 0 Å². The first-order chi connectivity index (χ1) is 7.92. The second-order valence-corrected chi connectivity index (χ2v) is 5.03. The van der Waals surface area contributed by atoms with Crippen LogP contribution >= 0.6 is 11.3 Å². The second-order valence-electron chi connectivity index (χ2n) is 4.25. The fourth-order valence-electron chi connectivity index (χ4n) is 2.19. The molecule has 3 nitrogen and oxygen atoms in total. The molecule has 4 heteroatoms. The summed E-state index contributed by atoms with van der Waals surface area (Å²) in [6.45, 7) is 1.16. The average molecular weight is 233 g/mol. The summed E-state index contributed by atoms with van der Waals surface area (Å²) in [5, 5.41) is 7.73. The zero-order valence-electron chi connectivity index (χ0n) is 9.07. The molecule has 0 aliphatic carbocycles. The molecule has 0 saturated carbocycles. The number of rotatable bonds is 3. The lowest BCUT2D eigenvalue weighted by atomic mass is 10.1. The third-order valence-electron chi connectivity index (χ3n) is 3.06. The van der Waals surface area contributed by atoms with Crippen LogP contribution in [0.3, 0.4) is 0 Å². The summed E-state index contributed by atoms with van der Waals surface area (Å²) in [6, 6.07) is 2.73. The topological polar surface area (TPSA) is 40.7 Å². The summed E-state index contributed by atoms with van der Waals surface area (Å²) in [6.07, 6.45) is 5.52. The van der Waals surface area contributed by atoms with Crippen LogP contribution in [-0.4, -0.2) is 22.6 Å². The van der Waals surface area contributed by atoms with Gasteiger partial charge in [0, 0.05) is 23.4 Å². The molecule has 2 N–H and O–H groups in total. The maximum absolute atomic E-state index is 4.44. The lowest BCUT2D eigenvalue weighted by Gasteiger charge is -2.06. The van der Waals surface area contributed by atoms with Crippen molar-refractivity contribution in [3.05, 3.63) is 28.8 Å². The summed E-state index contributed by atoms with van der Waals surface area (Å²) in [4.78, 5) is 7.84. The summed E-state index contributed by atoms with van der Waals surface area (Å²) in [7, 11) is 0. The number of aromatic nitrogens is 2. The Morgan fingerprint density at radius 1 is 1.50 bits per heavy atom. The van der Waals surface area contributed by atoms with E-state index in [0.29, 0.717) is 6.04 Å². The molecule has 2 aromatic heterocycles. The first-order valence-electron chi connectivity index (χ1n) is 5.71. The number of nitrogens with zero attached hydrogens (tertiary/aromatic N) is 1. The maximum atomic E-state index is 4.44. The molecule has 16 heavy (non-hydrogen) atoms. The van der Waals surface area contributed by atoms with E-state index in [2.05, 4.69) is 32.1 Å². The molecule has 2 aromatic rings. The summed E-state index contributed by atoms with van der Waals surface area (Å²) in [5.74, 6) is 1.10. The average Bonchev–Trinajstić information content (AvgIpc) is 2.99. The van der Waals surface area contributed by atoms with Gasteiger partial charge in [-0.2, -0.15) is 11.3 Å². The number of H-pyrrole nitrogens is 1. The highest BCUT2D eigenvalue weighted by molar-refractivity contribution is 7.08. The zero-order valence-corrected chi connectivity index (χ0v) is 9.89. The van der Waals surface area contributed by atoms with Crippen LogP contribution in [0.1, 0.15) is 18.7 Å². The van der Waals surface area contributed by atoms with Crippen molar-refractivity contribution in [3.63, 3.8) is 0 Å². The van der Waals surface area contributed by atoms with Gasteiger partial charge in [-0.15, -0.1) is 0 Å². The highest BCUT2D eigenvalue weighted by Crippen LogP contribution is 2.20. The van der Waals surface area contributed by atoms with Gasteiger partial charge in [0.1, 0.15) is 5.82 Å². The van der Waals surface area contributed by atoms with Gasteiger partial charge in [-0.3, -0.25) is 0 Å². The van der Waals surface area contributed by atoms with Crippen LogP contribution in [0.2, 0.25) is 0 Å². The van der Waals surface area contributed by atoms with Crippen LogP contribution in [-0.2, 0) is 6.42 Å². The highest BCUT2D eigenvalue weighted by Gasteiger charge is 2.16. The highest BCUT2D eigenvalue weighted by atomic mass is 32.1. The molecule has 3 rings (SSSR count). The molecule has 1 unspecified atom stereocenters. The Kier molecular flexibility index (Phi) is 2.76. The van der Waals surface area contributed by atoms with Crippen molar-refractivity contribution in [2.45, 2.75) is 25.3 Å². The van der Waals surface area contributed by atoms with E-state index in [1.807, 2.05) is 6.20 Å². The molecule has 1 saturated heterocycles. The minimum atomic E-state index is 0.612. The molecule has 1 aliphatic rings. The molecule has 1 atom stereocenters. The Morgan fingerprint density at radius 2 is 2.50 bits per heavy atom. The molecule has 1 aliphatic heterocycles. The second kappa shape index (κ2) is 4.39. The van der Waals surface area contributed by atoms with Gasteiger partial charge >= 0.3 is 0 Å². The van der Waals surface area contributed by atoms with Gasteiger partial charge in [-0.25, -0.2) is 4.98 Å². The molecular weight excluding hydrogens is 218 g/mol. The zero-order chi connectivity index (χ0) is 10.8. The van der Waals surface area contributed by atoms with Gasteiger partial charge in [-0.05, 0) is 30.8 Å². The van der Waals surface area contributed by atoms with E-state index in [-0.39, 0.29) is 0 Å². The van der Waals surface area contributed by atoms with Gasteiger partial charge in [0.15, 0.2) is 0 Å². The molecule has 0 radical (unpaired) electrons. The van der Waals surface area contributed by atoms with Crippen molar-refractivity contribution in [1.29, 1.82) is 0 Å². The smallest absolute Gasteiger partial charge is 0.108 e. The Morgan fingerprint density at radius 3 is 3.25 bits per heavy atom. The minimum absolute atomic E-state index is 0.612. The lowest BCUT2D eigenvalue weighted by molar-refractivity contribution is 0.589. The van der Waals surface area contributed by atoms with Crippen LogP contribution in [0.5, 0.6) is 0 Å². The Hall–Kier alpha value is -1.13. The first kappa shape index (κ1) is 10.1. The molecule has 0 aromatic carbocycles. The maximum Gasteiger partial charge on any atom is 0.108 e. The summed E-state index contributed by atoms with van der Waals surface area (Å²) in [5.41, 5.74) is 2.37. The van der Waals surface area contributed by atoms with Crippen LogP contribution < -0.4 is 5.32 Å². The largest absolute Gasteiger partial charge is 0.342 e. The van der Waals surface area contributed by atoms with Crippen LogP contribution in [0.25, 0.3) is 11.3 Å². The minimum Gasteiger partial charge on any atom is -0.342 e. The van der Waals surface area contributed by atoms with Gasteiger partial charge in [-0.1, -0.05) is 0 Å². The van der Waals surface area contributed by atoms with E-state index < -0.39 is 0 Å². The Balaban J connectivity index is 1.72. The van der Waals surface area contributed by atoms with Gasteiger partial charge in [0.2, 0.25) is 0 Å². The fourth-order valence-corrected chi connectivity index (χ4v) is 2.85. The SMILES string of the molecule is c1cc(-c2cnc(CC3CCCN3)[nH]2)cs1.